The zero-order valence-electron chi connectivity index (χ0n) is 25.2. The molecule has 3 amide bonds. The van der Waals surface area contributed by atoms with Crippen molar-refractivity contribution in [1.29, 1.82) is 0 Å². The fourth-order valence-corrected chi connectivity index (χ4v) is 5.59. The average molecular weight is 675 g/mol. The number of nitrogens with zero attached hydrogens (tertiary/aromatic N) is 3. The summed E-state index contributed by atoms with van der Waals surface area (Å²) in [5, 5.41) is 64.7. The second-order valence-electron chi connectivity index (χ2n) is 10.5. The highest BCUT2D eigenvalue weighted by Crippen LogP contribution is 2.33. The van der Waals surface area contributed by atoms with Crippen LogP contribution in [0.3, 0.4) is 0 Å². The van der Waals surface area contributed by atoms with Crippen LogP contribution in [0.4, 0.5) is 0 Å². The highest BCUT2D eigenvalue weighted by molar-refractivity contribution is 7.99. The minimum absolute atomic E-state index is 0.0118. The first kappa shape index (κ1) is 35.7. The van der Waals surface area contributed by atoms with Gasteiger partial charge in [-0.3, -0.25) is 19.1 Å². The van der Waals surface area contributed by atoms with Crippen LogP contribution >= 0.6 is 11.8 Å². The highest BCUT2D eigenvalue weighted by atomic mass is 32.2. The molecule has 1 fully saturated rings. The fourth-order valence-electron chi connectivity index (χ4n) is 4.53. The van der Waals surface area contributed by atoms with E-state index in [1.54, 1.807) is 54.7 Å². The van der Waals surface area contributed by atoms with Crippen LogP contribution in [-0.4, -0.2) is 127 Å². The molecule has 2 heterocycles. The lowest BCUT2D eigenvalue weighted by Gasteiger charge is -2.39. The van der Waals surface area contributed by atoms with E-state index in [1.165, 1.54) is 4.68 Å². The summed E-state index contributed by atoms with van der Waals surface area (Å²) in [5.74, 6) is -0.877. The number of aromatic nitrogens is 3. The number of aliphatic hydroxyl groups is 5. The second-order valence-corrected chi connectivity index (χ2v) is 11.7. The molecule has 2 aromatic carbocycles. The van der Waals surface area contributed by atoms with Gasteiger partial charge in [0.15, 0.2) is 6.61 Å². The molecule has 0 spiro atoms. The lowest BCUT2D eigenvalue weighted by molar-refractivity contribution is -0.205. The molecule has 47 heavy (non-hydrogen) atoms. The maximum absolute atomic E-state index is 12.7. The lowest BCUT2D eigenvalue weighted by atomic mass is 10.0. The first-order valence-corrected chi connectivity index (χ1v) is 15.7. The second kappa shape index (κ2) is 17.7. The minimum atomic E-state index is -1.48. The van der Waals surface area contributed by atoms with Gasteiger partial charge >= 0.3 is 0 Å². The Hall–Kier alpha value is -4.10. The van der Waals surface area contributed by atoms with Crippen molar-refractivity contribution in [3.63, 3.8) is 0 Å². The van der Waals surface area contributed by atoms with Crippen LogP contribution in [0.15, 0.2) is 65.7 Å². The van der Waals surface area contributed by atoms with Crippen molar-refractivity contribution in [2.45, 2.75) is 53.8 Å². The third-order valence-corrected chi connectivity index (χ3v) is 8.19. The molecule has 4 rings (SSSR count). The van der Waals surface area contributed by atoms with E-state index in [1.807, 2.05) is 6.07 Å². The van der Waals surface area contributed by atoms with E-state index in [9.17, 15) is 34.8 Å². The van der Waals surface area contributed by atoms with Crippen LogP contribution in [0.2, 0.25) is 0 Å². The predicted molar refractivity (Wildman–Crippen MR) is 166 cm³/mol. The van der Waals surface area contributed by atoms with Crippen LogP contribution in [0.5, 0.6) is 5.75 Å². The third-order valence-electron chi connectivity index (χ3n) is 7.02. The van der Waals surface area contributed by atoms with E-state index in [0.717, 1.165) is 11.8 Å². The first-order chi connectivity index (χ1) is 22.7. The number of hydrogen-bond donors (Lipinski definition) is 8. The summed E-state index contributed by atoms with van der Waals surface area (Å²) in [6, 6.07) is 14.2. The van der Waals surface area contributed by atoms with Crippen molar-refractivity contribution in [2.24, 2.45) is 0 Å². The van der Waals surface area contributed by atoms with Gasteiger partial charge in [0.2, 0.25) is 5.91 Å². The number of thioether (sulfide) groups is 1. The molecule has 0 saturated carbocycles. The van der Waals surface area contributed by atoms with E-state index in [-0.39, 0.29) is 45.2 Å². The molecule has 17 heteroatoms. The van der Waals surface area contributed by atoms with Crippen molar-refractivity contribution in [1.82, 2.24) is 30.9 Å². The predicted octanol–water partition coefficient (Wildman–Crippen LogP) is -2.19. The largest absolute Gasteiger partial charge is 0.484 e. The average Bonchev–Trinajstić information content (AvgIpc) is 3.53. The van der Waals surface area contributed by atoms with Crippen LogP contribution in [0, 0.1) is 0 Å². The van der Waals surface area contributed by atoms with Gasteiger partial charge in [0.1, 0.15) is 41.6 Å². The van der Waals surface area contributed by atoms with Crippen molar-refractivity contribution in [2.75, 3.05) is 32.9 Å². The number of ether oxygens (including phenoxy) is 2. The van der Waals surface area contributed by atoms with Gasteiger partial charge in [-0.15, -0.1) is 5.10 Å². The Labute approximate surface area is 274 Å². The van der Waals surface area contributed by atoms with Gasteiger partial charge in [0, 0.05) is 36.2 Å². The van der Waals surface area contributed by atoms with Crippen LogP contribution in [0.25, 0.3) is 0 Å². The van der Waals surface area contributed by atoms with Gasteiger partial charge in [-0.05, 0) is 36.4 Å². The maximum Gasteiger partial charge on any atom is 0.258 e. The monoisotopic (exact) mass is 674 g/mol. The van der Waals surface area contributed by atoms with E-state index in [0.29, 0.717) is 21.9 Å². The topological polar surface area (TPSA) is 238 Å². The van der Waals surface area contributed by atoms with Gasteiger partial charge in [0.05, 0.1) is 25.5 Å². The molecular formula is C30H38N6O10S. The van der Waals surface area contributed by atoms with Gasteiger partial charge in [-0.1, -0.05) is 35.2 Å². The Morgan fingerprint density at radius 1 is 0.957 bits per heavy atom. The van der Waals surface area contributed by atoms with Crippen LogP contribution in [-0.2, 0) is 27.3 Å². The lowest BCUT2D eigenvalue weighted by Crippen LogP contribution is -2.57. The normalized spacial score (nSPS) is 21.4. The maximum atomic E-state index is 12.7. The van der Waals surface area contributed by atoms with Crippen molar-refractivity contribution in [3.8, 4) is 5.75 Å². The molecular weight excluding hydrogens is 636 g/mol. The number of aliphatic hydroxyl groups excluding tert-OH is 5. The molecule has 0 aliphatic carbocycles. The SMILES string of the molecule is O=C(COc1ccccc1)N[C@@H](Cc1cn(CCNC(=O)c2ccc(S[C@@H]3O[C@H](CO)[C@H](O)[C@H](O)[C@H]3O)cc2)nn1)C(=O)NCCO. The Kier molecular flexibility index (Phi) is 13.5. The number of carbonyl (C=O) groups is 3. The molecule has 1 aromatic heterocycles. The fraction of sp³-hybridized carbons (Fsp3) is 0.433. The summed E-state index contributed by atoms with van der Waals surface area (Å²) in [5.41, 5.74) is -0.156. The molecule has 0 bridgehead atoms. The van der Waals surface area contributed by atoms with E-state index in [2.05, 4.69) is 26.3 Å². The van der Waals surface area contributed by atoms with Gasteiger partial charge in [-0.2, -0.15) is 0 Å². The molecule has 8 N–H and O–H groups in total. The third kappa shape index (κ3) is 10.4. The number of carbonyl (C=O) groups excluding carboxylic acids is 3. The summed E-state index contributed by atoms with van der Waals surface area (Å²) >= 11 is 1.08. The number of hydrogen-bond acceptors (Lipinski definition) is 13. The Balaban J connectivity index is 1.25. The van der Waals surface area contributed by atoms with Crippen LogP contribution in [0.1, 0.15) is 16.1 Å². The van der Waals surface area contributed by atoms with E-state index in [4.69, 9.17) is 14.6 Å². The Morgan fingerprint density at radius 3 is 2.40 bits per heavy atom. The standard InChI is InChI=1S/C30H38N6O10S/c37-13-11-32-29(44)22(33-24(39)17-45-20-4-2-1-3-5-20)14-19-15-36(35-34-19)12-10-31-28(43)18-6-8-21(9-7-18)47-30-27(42)26(41)25(40)23(16-38)46-30/h1-9,15,22-23,25-27,30,37-38,40-42H,10-14,16-17H2,(H,31,43)(H,32,44)(H,33,39)/t22-,23+,25-,26-,27+,30-/m0/s1. The zero-order chi connectivity index (χ0) is 33.8. The molecule has 0 unspecified atom stereocenters. The molecule has 254 valence electrons. The van der Waals surface area contributed by atoms with Crippen molar-refractivity contribution in [3.05, 3.63) is 72.1 Å². The Morgan fingerprint density at radius 2 is 1.70 bits per heavy atom. The number of para-hydroxylation sites is 1. The van der Waals surface area contributed by atoms with Gasteiger partial charge < -0.3 is 51.0 Å². The number of benzene rings is 2. The Bertz CT molecular complexity index is 1440. The molecule has 0 radical (unpaired) electrons. The molecule has 1 aliphatic rings. The molecule has 3 aromatic rings. The summed E-state index contributed by atoms with van der Waals surface area (Å²) < 4.78 is 12.4. The van der Waals surface area contributed by atoms with Gasteiger partial charge in [-0.25, -0.2) is 0 Å². The summed E-state index contributed by atoms with van der Waals surface area (Å²) in [7, 11) is 0. The quantitative estimate of drug-likeness (QED) is 0.0808. The smallest absolute Gasteiger partial charge is 0.258 e. The molecule has 1 saturated heterocycles. The zero-order valence-corrected chi connectivity index (χ0v) is 26.0. The summed E-state index contributed by atoms with van der Waals surface area (Å²) in [6.45, 7) is -0.613. The summed E-state index contributed by atoms with van der Waals surface area (Å²) in [4.78, 5) is 38.5. The number of rotatable bonds is 16. The highest BCUT2D eigenvalue weighted by Gasteiger charge is 2.43. The summed E-state index contributed by atoms with van der Waals surface area (Å²) in [6.07, 6.45) is -3.70. The van der Waals surface area contributed by atoms with Crippen molar-refractivity contribution >= 4 is 29.5 Å². The first-order valence-electron chi connectivity index (χ1n) is 14.8. The molecule has 1 aliphatic heterocycles. The number of amides is 3. The van der Waals surface area contributed by atoms with Crippen molar-refractivity contribution < 1.29 is 49.4 Å². The molecule has 16 nitrogen and oxygen atoms in total. The van der Waals surface area contributed by atoms with Crippen LogP contribution < -0.4 is 20.7 Å². The minimum Gasteiger partial charge on any atom is -0.484 e. The molecule has 6 atom stereocenters. The van der Waals surface area contributed by atoms with E-state index < -0.39 is 54.3 Å². The van der Waals surface area contributed by atoms with E-state index >= 15 is 0 Å². The van der Waals surface area contributed by atoms with Gasteiger partial charge in [0.25, 0.3) is 11.8 Å². The number of nitrogens with one attached hydrogen (secondary N) is 3.